The van der Waals surface area contributed by atoms with Gasteiger partial charge in [0, 0.05) is 47.9 Å². The molecule has 0 heterocycles. The molecule has 0 saturated carbocycles. The number of rotatable bonds is 8. The highest BCUT2D eigenvalue weighted by Crippen LogP contribution is 2.21. The highest BCUT2D eigenvalue weighted by atomic mass is 32.2. The summed E-state index contributed by atoms with van der Waals surface area (Å²) in [4.78, 5) is 4.26. The van der Waals surface area contributed by atoms with E-state index in [4.69, 9.17) is 0 Å². The fourth-order valence-corrected chi connectivity index (χ4v) is 3.67. The van der Waals surface area contributed by atoms with E-state index in [9.17, 15) is 4.21 Å². The van der Waals surface area contributed by atoms with Crippen LogP contribution < -0.4 is 10.6 Å². The third kappa shape index (κ3) is 6.64. The molecule has 0 radical (unpaired) electrons. The molecule has 2 aromatic rings. The predicted octanol–water partition coefficient (Wildman–Crippen LogP) is 3.08. The van der Waals surface area contributed by atoms with Crippen molar-refractivity contribution < 1.29 is 4.21 Å². The highest BCUT2D eigenvalue weighted by molar-refractivity contribution is 7.84. The molecule has 0 saturated heterocycles. The summed E-state index contributed by atoms with van der Waals surface area (Å²) < 4.78 is 12.2. The van der Waals surface area contributed by atoms with Crippen molar-refractivity contribution in [1.82, 2.24) is 10.6 Å². The van der Waals surface area contributed by atoms with Crippen LogP contribution in [0.25, 0.3) is 0 Å². The Morgan fingerprint density at radius 3 is 2.23 bits per heavy atom. The maximum Gasteiger partial charge on any atom is 0.191 e. The molecule has 0 bridgehead atoms. The van der Waals surface area contributed by atoms with Gasteiger partial charge in [-0.2, -0.15) is 0 Å². The Kier molecular flexibility index (Phi) is 7.85. The molecule has 2 rings (SSSR count). The fraction of sp³-hybridized carbons (Fsp3) is 0.381. The van der Waals surface area contributed by atoms with Crippen LogP contribution in [0, 0.1) is 0 Å². The third-order valence-electron chi connectivity index (χ3n) is 4.27. The molecular formula is C21H29N3OS. The molecule has 0 aromatic heterocycles. The van der Waals surface area contributed by atoms with E-state index in [1.165, 1.54) is 5.56 Å². The third-order valence-corrected chi connectivity index (χ3v) is 5.58. The molecule has 0 aliphatic carbocycles. The molecule has 0 aliphatic heterocycles. The minimum atomic E-state index is -0.885. The summed E-state index contributed by atoms with van der Waals surface area (Å²) >= 11 is 0. The maximum absolute atomic E-state index is 12.2. The van der Waals surface area contributed by atoms with Crippen molar-refractivity contribution in [1.29, 1.82) is 0 Å². The first-order chi connectivity index (χ1) is 12.5. The molecule has 0 spiro atoms. The minimum Gasteiger partial charge on any atom is -0.356 e. The zero-order valence-electron chi connectivity index (χ0n) is 15.9. The molecule has 1 atom stereocenters. The highest BCUT2D eigenvalue weighted by Gasteiger charge is 2.20. The summed E-state index contributed by atoms with van der Waals surface area (Å²) in [5.74, 6) is 1.93. The van der Waals surface area contributed by atoms with Gasteiger partial charge in [-0.15, -0.1) is 0 Å². The number of hydrogen-bond donors (Lipinski definition) is 2. The second-order valence-corrected chi connectivity index (χ2v) is 8.45. The Bertz CT molecular complexity index is 715. The molecule has 0 aliphatic rings. The Morgan fingerprint density at radius 1 is 1.00 bits per heavy atom. The maximum atomic E-state index is 12.2. The van der Waals surface area contributed by atoms with Gasteiger partial charge in [0.25, 0.3) is 0 Å². The van der Waals surface area contributed by atoms with Crippen molar-refractivity contribution >= 4 is 16.8 Å². The summed E-state index contributed by atoms with van der Waals surface area (Å²) in [6.07, 6.45) is 0. The normalized spacial score (nSPS) is 13.3. The first kappa shape index (κ1) is 20.2. The van der Waals surface area contributed by atoms with Gasteiger partial charge in [-0.1, -0.05) is 74.5 Å². The van der Waals surface area contributed by atoms with Crippen LogP contribution in [0.1, 0.15) is 25.0 Å². The van der Waals surface area contributed by atoms with Crippen molar-refractivity contribution in [2.75, 3.05) is 25.9 Å². The van der Waals surface area contributed by atoms with Crippen LogP contribution in [0.4, 0.5) is 0 Å². The number of nitrogens with zero attached hydrogens (tertiary/aromatic N) is 1. The van der Waals surface area contributed by atoms with Crippen LogP contribution in [0.3, 0.4) is 0 Å². The number of aliphatic imine (C=N–C) groups is 1. The molecule has 0 fully saturated rings. The lowest BCUT2D eigenvalue weighted by Crippen LogP contribution is -2.44. The van der Waals surface area contributed by atoms with E-state index < -0.39 is 10.8 Å². The molecule has 2 N–H and O–H groups in total. The van der Waals surface area contributed by atoms with Crippen LogP contribution >= 0.6 is 0 Å². The van der Waals surface area contributed by atoms with Gasteiger partial charge in [0.15, 0.2) is 5.96 Å². The molecule has 0 amide bonds. The van der Waals surface area contributed by atoms with Gasteiger partial charge in [-0.25, -0.2) is 0 Å². The van der Waals surface area contributed by atoms with E-state index >= 15 is 0 Å². The summed E-state index contributed by atoms with van der Waals surface area (Å²) in [7, 11) is 0.870. The van der Waals surface area contributed by atoms with Crippen molar-refractivity contribution in [3.63, 3.8) is 0 Å². The molecule has 26 heavy (non-hydrogen) atoms. The second-order valence-electron chi connectivity index (χ2n) is 6.88. The average Bonchev–Trinajstić information content (AvgIpc) is 2.66. The standard InChI is InChI=1S/C21H29N3OS/c1-21(2,19-12-8-5-9-13-19)17-24-20(22-3)23-14-15-26(25)16-18-10-6-4-7-11-18/h4-13H,14-17H2,1-3H3,(H2,22,23,24). The molecule has 140 valence electrons. The van der Waals surface area contributed by atoms with Gasteiger partial charge in [0.2, 0.25) is 0 Å². The lowest BCUT2D eigenvalue weighted by atomic mass is 9.85. The smallest absolute Gasteiger partial charge is 0.191 e. The largest absolute Gasteiger partial charge is 0.356 e. The van der Waals surface area contributed by atoms with Crippen molar-refractivity contribution in [2.45, 2.75) is 25.0 Å². The van der Waals surface area contributed by atoms with E-state index in [0.717, 1.165) is 18.1 Å². The Hall–Kier alpha value is -2.14. The average molecular weight is 372 g/mol. The molecule has 1 unspecified atom stereocenters. The second kappa shape index (κ2) is 10.1. The van der Waals surface area contributed by atoms with E-state index in [1.807, 2.05) is 36.4 Å². The lowest BCUT2D eigenvalue weighted by molar-refractivity contribution is 0.509. The molecule has 2 aromatic carbocycles. The number of nitrogens with one attached hydrogen (secondary N) is 2. The zero-order valence-corrected chi connectivity index (χ0v) is 16.7. The fourth-order valence-electron chi connectivity index (χ4n) is 2.63. The van der Waals surface area contributed by atoms with Crippen LogP contribution in [0.2, 0.25) is 0 Å². The molecule has 5 heteroatoms. The van der Waals surface area contributed by atoms with Crippen LogP contribution in [0.15, 0.2) is 65.7 Å². The first-order valence-electron chi connectivity index (χ1n) is 8.90. The Labute approximate surface area is 159 Å². The van der Waals surface area contributed by atoms with Gasteiger partial charge in [-0.3, -0.25) is 9.20 Å². The van der Waals surface area contributed by atoms with E-state index in [-0.39, 0.29) is 5.41 Å². The SMILES string of the molecule is CN=C(NCCS(=O)Cc1ccccc1)NCC(C)(C)c1ccccc1. The Balaban J connectivity index is 1.75. The van der Waals surface area contributed by atoms with Crippen LogP contribution in [-0.2, 0) is 22.0 Å². The van der Waals surface area contributed by atoms with E-state index in [2.05, 4.69) is 53.7 Å². The summed E-state index contributed by atoms with van der Waals surface area (Å²) in [6, 6.07) is 20.4. The van der Waals surface area contributed by atoms with Crippen molar-refractivity contribution in [2.24, 2.45) is 4.99 Å². The first-order valence-corrected chi connectivity index (χ1v) is 10.4. The van der Waals surface area contributed by atoms with Gasteiger partial charge >= 0.3 is 0 Å². The number of guanidine groups is 1. The number of benzene rings is 2. The molecule has 4 nitrogen and oxygen atoms in total. The van der Waals surface area contributed by atoms with Crippen LogP contribution in [0.5, 0.6) is 0 Å². The lowest BCUT2D eigenvalue weighted by Gasteiger charge is -2.26. The number of hydrogen-bond acceptors (Lipinski definition) is 2. The Morgan fingerprint density at radius 2 is 1.62 bits per heavy atom. The quantitative estimate of drug-likeness (QED) is 0.554. The monoisotopic (exact) mass is 371 g/mol. The van der Waals surface area contributed by atoms with Crippen molar-refractivity contribution in [3.8, 4) is 0 Å². The summed E-state index contributed by atoms with van der Waals surface area (Å²) in [5.41, 5.74) is 2.39. The predicted molar refractivity (Wildman–Crippen MR) is 112 cm³/mol. The molecular weight excluding hydrogens is 342 g/mol. The van der Waals surface area contributed by atoms with Gasteiger partial charge in [0.05, 0.1) is 0 Å². The van der Waals surface area contributed by atoms with E-state index in [1.54, 1.807) is 7.05 Å². The topological polar surface area (TPSA) is 53.5 Å². The van der Waals surface area contributed by atoms with Crippen molar-refractivity contribution in [3.05, 3.63) is 71.8 Å². The summed E-state index contributed by atoms with van der Waals surface area (Å²) in [6.45, 7) is 5.81. The van der Waals surface area contributed by atoms with Gasteiger partial charge in [0.1, 0.15) is 0 Å². The zero-order chi connectivity index (χ0) is 18.8. The van der Waals surface area contributed by atoms with Gasteiger partial charge in [-0.05, 0) is 11.1 Å². The van der Waals surface area contributed by atoms with E-state index in [0.29, 0.717) is 18.1 Å². The minimum absolute atomic E-state index is 0.00495. The summed E-state index contributed by atoms with van der Waals surface area (Å²) in [5, 5.41) is 6.63. The van der Waals surface area contributed by atoms with Gasteiger partial charge < -0.3 is 10.6 Å². The van der Waals surface area contributed by atoms with Crippen LogP contribution in [-0.4, -0.2) is 36.1 Å².